The van der Waals surface area contributed by atoms with Crippen molar-refractivity contribution in [3.05, 3.63) is 24.0 Å². The minimum atomic E-state index is -0.500. The molecule has 19 heavy (non-hydrogen) atoms. The molecule has 0 fully saturated rings. The van der Waals surface area contributed by atoms with Crippen LogP contribution in [0.1, 0.15) is 32.4 Å². The van der Waals surface area contributed by atoms with Crippen LogP contribution in [0.15, 0.2) is 18.3 Å². The van der Waals surface area contributed by atoms with E-state index in [1.54, 1.807) is 18.3 Å². The molecule has 5 heteroatoms. The third kappa shape index (κ3) is 5.26. The first-order valence-corrected chi connectivity index (χ1v) is 6.72. The number of anilines is 1. The summed E-state index contributed by atoms with van der Waals surface area (Å²) < 4.78 is 0. The van der Waals surface area contributed by atoms with Gasteiger partial charge in [0.25, 0.3) is 0 Å². The molecule has 0 spiro atoms. The highest BCUT2D eigenvalue weighted by Crippen LogP contribution is 2.12. The summed E-state index contributed by atoms with van der Waals surface area (Å²) >= 11 is 0. The second-order valence-electron chi connectivity index (χ2n) is 4.66. The minimum absolute atomic E-state index is 0.225. The van der Waals surface area contributed by atoms with Gasteiger partial charge in [0, 0.05) is 24.1 Å². The average Bonchev–Trinajstić information content (AvgIpc) is 2.38. The number of carbonyl (C=O) groups is 1. The molecule has 1 aromatic rings. The van der Waals surface area contributed by atoms with Crippen molar-refractivity contribution < 1.29 is 9.90 Å². The predicted molar refractivity (Wildman–Crippen MR) is 76.1 cm³/mol. The van der Waals surface area contributed by atoms with Gasteiger partial charge in [-0.1, -0.05) is 26.7 Å². The second-order valence-corrected chi connectivity index (χ2v) is 4.66. The van der Waals surface area contributed by atoms with Gasteiger partial charge in [-0.15, -0.1) is 0 Å². The number of nitrogens with one attached hydrogen (secondary N) is 2. The summed E-state index contributed by atoms with van der Waals surface area (Å²) in [6, 6.07) is 3.21. The van der Waals surface area contributed by atoms with E-state index < -0.39 is 6.10 Å². The van der Waals surface area contributed by atoms with Crippen LogP contribution < -0.4 is 10.6 Å². The molecule has 3 N–H and O–H groups in total. The van der Waals surface area contributed by atoms with Crippen molar-refractivity contribution in [3.63, 3.8) is 0 Å². The number of aliphatic hydroxyl groups excluding tert-OH is 1. The van der Waals surface area contributed by atoms with Crippen LogP contribution in [0.3, 0.4) is 0 Å². The van der Waals surface area contributed by atoms with Crippen molar-refractivity contribution in [2.45, 2.75) is 39.7 Å². The number of pyridine rings is 1. The van der Waals surface area contributed by atoms with E-state index in [1.807, 2.05) is 20.8 Å². The predicted octanol–water partition coefficient (Wildman–Crippen LogP) is 2.31. The Morgan fingerprint density at radius 2 is 2.11 bits per heavy atom. The van der Waals surface area contributed by atoms with Crippen LogP contribution >= 0.6 is 0 Å². The molecule has 1 heterocycles. The van der Waals surface area contributed by atoms with Crippen molar-refractivity contribution in [1.29, 1.82) is 0 Å². The zero-order valence-electron chi connectivity index (χ0n) is 11.8. The zero-order chi connectivity index (χ0) is 14.3. The van der Waals surface area contributed by atoms with Crippen LogP contribution in [-0.4, -0.2) is 28.8 Å². The first-order valence-electron chi connectivity index (χ1n) is 6.72. The van der Waals surface area contributed by atoms with Gasteiger partial charge >= 0.3 is 6.03 Å². The number of nitrogens with zero attached hydrogens (tertiary/aromatic N) is 1. The first kappa shape index (κ1) is 15.4. The SMILES string of the molecule is CCC(CC)C(O)CNC(=O)Nc1ccnc(C)c1. The van der Waals surface area contributed by atoms with Crippen LogP contribution in [0.4, 0.5) is 10.5 Å². The van der Waals surface area contributed by atoms with E-state index >= 15 is 0 Å². The third-order valence-electron chi connectivity index (χ3n) is 3.22. The number of hydrogen-bond donors (Lipinski definition) is 3. The van der Waals surface area contributed by atoms with Gasteiger partial charge in [-0.3, -0.25) is 4.98 Å². The average molecular weight is 265 g/mol. The Morgan fingerprint density at radius 3 is 2.68 bits per heavy atom. The molecule has 1 unspecified atom stereocenters. The van der Waals surface area contributed by atoms with Gasteiger partial charge in [-0.2, -0.15) is 0 Å². The monoisotopic (exact) mass is 265 g/mol. The van der Waals surface area contributed by atoms with Gasteiger partial charge < -0.3 is 15.7 Å². The fourth-order valence-corrected chi connectivity index (χ4v) is 2.00. The fourth-order valence-electron chi connectivity index (χ4n) is 2.00. The van der Waals surface area contributed by atoms with Crippen LogP contribution in [0.25, 0.3) is 0 Å². The smallest absolute Gasteiger partial charge is 0.319 e. The third-order valence-corrected chi connectivity index (χ3v) is 3.22. The topological polar surface area (TPSA) is 74.2 Å². The van der Waals surface area contributed by atoms with Crippen molar-refractivity contribution in [2.75, 3.05) is 11.9 Å². The van der Waals surface area contributed by atoms with Gasteiger partial charge in [0.2, 0.25) is 0 Å². The molecule has 0 aliphatic heterocycles. The Kier molecular flexibility index (Phi) is 6.29. The number of aromatic nitrogens is 1. The molecule has 0 bridgehead atoms. The molecule has 0 aliphatic carbocycles. The summed E-state index contributed by atoms with van der Waals surface area (Å²) in [5.74, 6) is 0.225. The molecule has 0 aromatic carbocycles. The van der Waals surface area contributed by atoms with E-state index in [-0.39, 0.29) is 18.5 Å². The quantitative estimate of drug-likeness (QED) is 0.739. The maximum atomic E-state index is 11.7. The van der Waals surface area contributed by atoms with Crippen LogP contribution in [-0.2, 0) is 0 Å². The summed E-state index contributed by atoms with van der Waals surface area (Å²) in [7, 11) is 0. The summed E-state index contributed by atoms with van der Waals surface area (Å²) in [6.07, 6.45) is 2.96. The Morgan fingerprint density at radius 1 is 1.42 bits per heavy atom. The molecule has 5 nitrogen and oxygen atoms in total. The summed E-state index contributed by atoms with van der Waals surface area (Å²) in [6.45, 7) is 6.20. The van der Waals surface area contributed by atoms with E-state index in [0.717, 1.165) is 18.5 Å². The van der Waals surface area contributed by atoms with Gasteiger partial charge in [-0.25, -0.2) is 4.79 Å². The number of rotatable bonds is 6. The number of carbonyl (C=O) groups excluding carboxylic acids is 1. The number of urea groups is 1. The molecule has 2 amide bonds. The summed E-state index contributed by atoms with van der Waals surface area (Å²) in [5.41, 5.74) is 1.54. The second kappa shape index (κ2) is 7.74. The lowest BCUT2D eigenvalue weighted by Crippen LogP contribution is -2.38. The standard InChI is InChI=1S/C14H23N3O2/c1-4-11(5-2)13(18)9-16-14(19)17-12-6-7-15-10(3)8-12/h6-8,11,13,18H,4-5,9H2,1-3H3,(H2,15,16,17,19). The van der Waals surface area contributed by atoms with E-state index in [4.69, 9.17) is 0 Å². The highest BCUT2D eigenvalue weighted by atomic mass is 16.3. The normalized spacial score (nSPS) is 12.3. The van der Waals surface area contributed by atoms with Crippen LogP contribution in [0, 0.1) is 12.8 Å². The summed E-state index contributed by atoms with van der Waals surface area (Å²) in [4.78, 5) is 15.7. The first-order chi connectivity index (χ1) is 9.06. The molecular weight excluding hydrogens is 242 g/mol. The zero-order valence-corrected chi connectivity index (χ0v) is 11.8. The van der Waals surface area contributed by atoms with E-state index in [1.165, 1.54) is 0 Å². The summed E-state index contributed by atoms with van der Waals surface area (Å²) in [5, 5.41) is 15.3. The number of aliphatic hydroxyl groups is 1. The highest BCUT2D eigenvalue weighted by Gasteiger charge is 2.16. The van der Waals surface area contributed by atoms with Crippen molar-refractivity contribution in [2.24, 2.45) is 5.92 Å². The van der Waals surface area contributed by atoms with Crippen LogP contribution in [0.5, 0.6) is 0 Å². The van der Waals surface area contributed by atoms with Crippen molar-refractivity contribution in [1.82, 2.24) is 10.3 Å². The molecule has 0 saturated heterocycles. The maximum absolute atomic E-state index is 11.7. The van der Waals surface area contributed by atoms with Gasteiger partial charge in [0.15, 0.2) is 0 Å². The number of hydrogen-bond acceptors (Lipinski definition) is 3. The molecule has 0 saturated carbocycles. The lowest BCUT2D eigenvalue weighted by Gasteiger charge is -2.20. The molecule has 1 atom stereocenters. The lowest BCUT2D eigenvalue weighted by atomic mass is 9.97. The van der Waals surface area contributed by atoms with Crippen molar-refractivity contribution >= 4 is 11.7 Å². The minimum Gasteiger partial charge on any atom is -0.391 e. The van der Waals surface area contributed by atoms with E-state index in [2.05, 4.69) is 15.6 Å². The van der Waals surface area contributed by atoms with Crippen molar-refractivity contribution in [3.8, 4) is 0 Å². The fraction of sp³-hybridized carbons (Fsp3) is 0.571. The number of aryl methyl sites for hydroxylation is 1. The molecular formula is C14H23N3O2. The van der Waals surface area contributed by atoms with Gasteiger partial charge in [-0.05, 0) is 25.0 Å². The molecule has 106 valence electrons. The Hall–Kier alpha value is -1.62. The highest BCUT2D eigenvalue weighted by molar-refractivity contribution is 5.89. The molecule has 1 rings (SSSR count). The Bertz CT molecular complexity index is 405. The van der Waals surface area contributed by atoms with Gasteiger partial charge in [0.1, 0.15) is 0 Å². The lowest BCUT2D eigenvalue weighted by molar-refractivity contribution is 0.104. The van der Waals surface area contributed by atoms with E-state index in [0.29, 0.717) is 5.69 Å². The van der Waals surface area contributed by atoms with E-state index in [9.17, 15) is 9.90 Å². The van der Waals surface area contributed by atoms with Gasteiger partial charge in [0.05, 0.1) is 6.10 Å². The number of amides is 2. The molecule has 1 aromatic heterocycles. The Labute approximate surface area is 114 Å². The molecule has 0 aliphatic rings. The van der Waals surface area contributed by atoms with Crippen LogP contribution in [0.2, 0.25) is 0 Å². The Balaban J connectivity index is 2.39. The largest absolute Gasteiger partial charge is 0.391 e. The maximum Gasteiger partial charge on any atom is 0.319 e. The molecule has 0 radical (unpaired) electrons.